The number of hydrogen-bond acceptors (Lipinski definition) is 6. The van der Waals surface area contributed by atoms with Gasteiger partial charge in [0.15, 0.2) is 17.3 Å². The van der Waals surface area contributed by atoms with Crippen molar-refractivity contribution < 1.29 is 23.7 Å². The van der Waals surface area contributed by atoms with Crippen molar-refractivity contribution in [2.75, 3.05) is 21.3 Å². The summed E-state index contributed by atoms with van der Waals surface area (Å²) in [5.41, 5.74) is 1.51. The number of ketones is 1. The molecule has 1 aliphatic heterocycles. The molecule has 1 aromatic heterocycles. The highest BCUT2D eigenvalue weighted by atomic mass is 16.5. The Hall–Kier alpha value is -3.66. The molecular weight excluding hydrogens is 384 g/mol. The molecule has 2 aromatic rings. The van der Waals surface area contributed by atoms with Gasteiger partial charge in [-0.25, -0.2) is 0 Å². The normalized spacial score (nSPS) is 18.5. The summed E-state index contributed by atoms with van der Waals surface area (Å²) < 4.78 is 24.5. The second-order valence-electron chi connectivity index (χ2n) is 6.99. The highest BCUT2D eigenvalue weighted by Gasteiger charge is 2.41. The van der Waals surface area contributed by atoms with Crippen molar-refractivity contribution in [2.45, 2.75) is 25.2 Å². The molecule has 1 atom stereocenters. The fourth-order valence-electron chi connectivity index (χ4n) is 4.14. The maximum Gasteiger partial charge on any atom is 0.218 e. The van der Waals surface area contributed by atoms with Crippen molar-refractivity contribution in [3.8, 4) is 23.3 Å². The standard InChI is InChI=1S/C23H22N2O5/c1-27-18-10-9-14(21(28-2)22(18)29-3)19-15(13-24)23(25-11-4-5-12-25)30-17-8-6-7-16(26)20(17)19/h4-5,9-12,19H,6-8H2,1-3H3/t19-/m1/s1. The van der Waals surface area contributed by atoms with Crippen molar-refractivity contribution in [3.05, 3.63) is 59.1 Å². The lowest BCUT2D eigenvalue weighted by Gasteiger charge is -2.33. The SMILES string of the molecule is COc1ccc([C@@H]2C(C#N)=C(n3cccc3)OC3=C2C(=O)CCC3)c(OC)c1OC. The van der Waals surface area contributed by atoms with E-state index in [1.807, 2.05) is 30.6 Å². The van der Waals surface area contributed by atoms with Gasteiger partial charge in [-0.05, 0) is 24.6 Å². The minimum Gasteiger partial charge on any atom is -0.493 e. The van der Waals surface area contributed by atoms with Gasteiger partial charge in [0.1, 0.15) is 17.4 Å². The Balaban J connectivity index is 2.01. The molecule has 1 aliphatic carbocycles. The van der Waals surface area contributed by atoms with Gasteiger partial charge in [-0.1, -0.05) is 6.07 Å². The van der Waals surface area contributed by atoms with Crippen LogP contribution in [0.5, 0.6) is 17.2 Å². The highest BCUT2D eigenvalue weighted by molar-refractivity contribution is 6.00. The first-order valence-corrected chi connectivity index (χ1v) is 9.65. The van der Waals surface area contributed by atoms with Crippen LogP contribution in [0, 0.1) is 11.3 Å². The molecule has 0 amide bonds. The van der Waals surface area contributed by atoms with Crippen LogP contribution in [-0.4, -0.2) is 31.7 Å². The quantitative estimate of drug-likeness (QED) is 0.746. The van der Waals surface area contributed by atoms with E-state index in [4.69, 9.17) is 18.9 Å². The number of rotatable bonds is 5. The Labute approximate surface area is 174 Å². The summed E-state index contributed by atoms with van der Waals surface area (Å²) in [4.78, 5) is 13.0. The van der Waals surface area contributed by atoms with Gasteiger partial charge in [-0.3, -0.25) is 9.36 Å². The predicted octanol–water partition coefficient (Wildman–Crippen LogP) is 4.03. The van der Waals surface area contributed by atoms with Crippen LogP contribution in [0.4, 0.5) is 0 Å². The number of carbonyl (C=O) groups is 1. The summed E-state index contributed by atoms with van der Waals surface area (Å²) in [5.74, 6) is 1.70. The summed E-state index contributed by atoms with van der Waals surface area (Å²) in [6.45, 7) is 0. The number of ether oxygens (including phenoxy) is 4. The second kappa shape index (κ2) is 7.99. The van der Waals surface area contributed by atoms with E-state index >= 15 is 0 Å². The van der Waals surface area contributed by atoms with Crippen LogP contribution in [0.3, 0.4) is 0 Å². The lowest BCUT2D eigenvalue weighted by molar-refractivity contribution is -0.116. The lowest BCUT2D eigenvalue weighted by Crippen LogP contribution is -2.26. The fraction of sp³-hybridized carbons (Fsp3) is 0.304. The number of methoxy groups -OCH3 is 3. The molecule has 0 radical (unpaired) electrons. The zero-order chi connectivity index (χ0) is 21.3. The molecule has 154 valence electrons. The van der Waals surface area contributed by atoms with E-state index in [1.165, 1.54) is 14.2 Å². The summed E-state index contributed by atoms with van der Waals surface area (Å²) in [5, 5.41) is 10.1. The third-order valence-corrected chi connectivity index (χ3v) is 5.44. The van der Waals surface area contributed by atoms with Crippen LogP contribution in [0.2, 0.25) is 0 Å². The zero-order valence-electron chi connectivity index (χ0n) is 17.1. The van der Waals surface area contributed by atoms with E-state index in [2.05, 4.69) is 6.07 Å². The number of hydrogen-bond donors (Lipinski definition) is 0. The van der Waals surface area contributed by atoms with Gasteiger partial charge in [0, 0.05) is 36.4 Å². The number of aromatic nitrogens is 1. The van der Waals surface area contributed by atoms with Gasteiger partial charge in [0.2, 0.25) is 11.6 Å². The molecule has 2 aliphatic rings. The molecule has 0 unspecified atom stereocenters. The Bertz CT molecular complexity index is 1090. The van der Waals surface area contributed by atoms with E-state index < -0.39 is 5.92 Å². The monoisotopic (exact) mass is 406 g/mol. The molecule has 7 nitrogen and oxygen atoms in total. The van der Waals surface area contributed by atoms with Crippen LogP contribution in [0.1, 0.15) is 30.7 Å². The van der Waals surface area contributed by atoms with Gasteiger partial charge in [0.05, 0.1) is 27.2 Å². The molecule has 7 heteroatoms. The van der Waals surface area contributed by atoms with E-state index in [9.17, 15) is 10.1 Å². The van der Waals surface area contributed by atoms with E-state index in [1.54, 1.807) is 17.7 Å². The van der Waals surface area contributed by atoms with Crippen molar-refractivity contribution in [1.82, 2.24) is 4.57 Å². The van der Waals surface area contributed by atoms with Crippen LogP contribution in [0.15, 0.2) is 53.6 Å². The third kappa shape index (κ3) is 3.01. The maximum atomic E-state index is 13.0. The minimum absolute atomic E-state index is 0.0163. The molecule has 30 heavy (non-hydrogen) atoms. The minimum atomic E-state index is -0.626. The second-order valence-corrected chi connectivity index (χ2v) is 6.99. The summed E-state index contributed by atoms with van der Waals surface area (Å²) >= 11 is 0. The van der Waals surface area contributed by atoms with Crippen molar-refractivity contribution in [1.29, 1.82) is 5.26 Å². The molecule has 0 fully saturated rings. The Morgan fingerprint density at radius 2 is 1.80 bits per heavy atom. The van der Waals surface area contributed by atoms with E-state index in [0.29, 0.717) is 64.9 Å². The Morgan fingerprint density at radius 3 is 2.43 bits per heavy atom. The molecule has 0 spiro atoms. The summed E-state index contributed by atoms with van der Waals surface area (Å²) in [6.07, 6.45) is 5.40. The number of carbonyl (C=O) groups excluding carboxylic acids is 1. The largest absolute Gasteiger partial charge is 0.493 e. The Morgan fingerprint density at radius 1 is 1.07 bits per heavy atom. The topological polar surface area (TPSA) is 82.7 Å². The average molecular weight is 406 g/mol. The zero-order valence-corrected chi connectivity index (χ0v) is 17.1. The predicted molar refractivity (Wildman–Crippen MR) is 109 cm³/mol. The van der Waals surface area contributed by atoms with E-state index in [-0.39, 0.29) is 5.78 Å². The van der Waals surface area contributed by atoms with Gasteiger partial charge in [0.25, 0.3) is 0 Å². The number of nitrogens with zero attached hydrogens (tertiary/aromatic N) is 2. The maximum absolute atomic E-state index is 13.0. The summed E-state index contributed by atoms with van der Waals surface area (Å²) in [6, 6.07) is 9.56. The van der Waals surface area contributed by atoms with Crippen LogP contribution >= 0.6 is 0 Å². The number of allylic oxidation sites excluding steroid dienone is 3. The first-order valence-electron chi connectivity index (χ1n) is 9.65. The molecule has 0 bridgehead atoms. The lowest BCUT2D eigenvalue weighted by atomic mass is 9.77. The van der Waals surface area contributed by atoms with Gasteiger partial charge in [-0.15, -0.1) is 0 Å². The molecule has 2 heterocycles. The molecule has 0 saturated heterocycles. The number of Topliss-reactive ketones (excluding diaryl/α,β-unsaturated/α-hetero) is 1. The van der Waals surface area contributed by atoms with Crippen LogP contribution in [-0.2, 0) is 9.53 Å². The first kappa shape index (κ1) is 19.6. The summed E-state index contributed by atoms with van der Waals surface area (Å²) in [7, 11) is 4.60. The van der Waals surface area contributed by atoms with Crippen molar-refractivity contribution >= 4 is 11.7 Å². The fourth-order valence-corrected chi connectivity index (χ4v) is 4.14. The molecular formula is C23H22N2O5. The molecule has 0 N–H and O–H groups in total. The van der Waals surface area contributed by atoms with Gasteiger partial charge in [-0.2, -0.15) is 5.26 Å². The van der Waals surface area contributed by atoms with Crippen molar-refractivity contribution in [3.63, 3.8) is 0 Å². The van der Waals surface area contributed by atoms with Crippen molar-refractivity contribution in [2.24, 2.45) is 0 Å². The highest BCUT2D eigenvalue weighted by Crippen LogP contribution is 2.51. The molecule has 4 rings (SSSR count). The van der Waals surface area contributed by atoms with Gasteiger partial charge >= 0.3 is 0 Å². The number of nitriles is 1. The average Bonchev–Trinajstić information content (AvgIpc) is 3.31. The number of benzene rings is 1. The smallest absolute Gasteiger partial charge is 0.218 e. The van der Waals surface area contributed by atoms with E-state index in [0.717, 1.165) is 0 Å². The Kier molecular flexibility index (Phi) is 5.23. The van der Waals surface area contributed by atoms with Crippen LogP contribution < -0.4 is 14.2 Å². The third-order valence-electron chi connectivity index (χ3n) is 5.44. The molecule has 0 saturated carbocycles. The van der Waals surface area contributed by atoms with Crippen LogP contribution in [0.25, 0.3) is 5.88 Å². The molecule has 1 aromatic carbocycles. The van der Waals surface area contributed by atoms with Gasteiger partial charge < -0.3 is 18.9 Å². The first-order chi connectivity index (χ1) is 14.6.